The third-order valence-corrected chi connectivity index (χ3v) is 4.85. The Bertz CT molecular complexity index is 805. The van der Waals surface area contributed by atoms with Crippen LogP contribution < -0.4 is 14.2 Å². The summed E-state index contributed by atoms with van der Waals surface area (Å²) in [6.45, 7) is 2.16. The molecule has 0 saturated carbocycles. The van der Waals surface area contributed by atoms with Crippen molar-refractivity contribution in [1.82, 2.24) is 4.37 Å². The molecule has 0 bridgehead atoms. The molecule has 0 spiro atoms. The molecule has 0 saturated heterocycles. The Kier molecular flexibility index (Phi) is 4.90. The molecule has 4 nitrogen and oxygen atoms in total. The van der Waals surface area contributed by atoms with E-state index in [1.807, 2.05) is 12.1 Å². The third kappa shape index (κ3) is 3.04. The van der Waals surface area contributed by atoms with Gasteiger partial charge in [0, 0.05) is 17.0 Å². The third-order valence-electron chi connectivity index (χ3n) is 4.22. The lowest BCUT2D eigenvalue weighted by atomic mass is 9.92. The number of ether oxygens (including phenoxy) is 3. The molecule has 0 amide bonds. The average molecular weight is 343 g/mol. The lowest BCUT2D eigenvalue weighted by Crippen LogP contribution is -1.98. The van der Waals surface area contributed by atoms with Crippen LogP contribution in [0.4, 0.5) is 0 Å². The van der Waals surface area contributed by atoms with Gasteiger partial charge in [-0.25, -0.2) is 0 Å². The van der Waals surface area contributed by atoms with Gasteiger partial charge in [-0.3, -0.25) is 0 Å². The van der Waals surface area contributed by atoms with Crippen LogP contribution in [0, 0.1) is 0 Å². The second kappa shape index (κ2) is 7.09. The fourth-order valence-corrected chi connectivity index (χ4v) is 3.58. The van der Waals surface area contributed by atoms with Crippen LogP contribution in [0.25, 0.3) is 16.8 Å². The normalized spacial score (nSPS) is 14.0. The molecule has 0 radical (unpaired) electrons. The molecule has 2 aromatic rings. The van der Waals surface area contributed by atoms with Gasteiger partial charge in [-0.05, 0) is 42.9 Å². The highest BCUT2D eigenvalue weighted by Crippen LogP contribution is 2.44. The standard InChI is InChI=1S/C19H21NO3S/c1-12-5-7-13(8-6-12)16-11-24-20-18(16)15-9-14(21-2)10-17(22-3)19(15)23-4/h5,7,9-11H,6,8H2,1-4H3. The van der Waals surface area contributed by atoms with Gasteiger partial charge in [0.1, 0.15) is 5.75 Å². The molecular formula is C19H21NO3S. The number of allylic oxidation sites excluding steroid dienone is 4. The van der Waals surface area contributed by atoms with Gasteiger partial charge in [-0.1, -0.05) is 17.7 Å². The van der Waals surface area contributed by atoms with E-state index in [1.54, 1.807) is 21.3 Å². The van der Waals surface area contributed by atoms with Crippen molar-refractivity contribution in [1.29, 1.82) is 0 Å². The van der Waals surface area contributed by atoms with Crippen molar-refractivity contribution < 1.29 is 14.2 Å². The van der Waals surface area contributed by atoms with Gasteiger partial charge < -0.3 is 14.2 Å². The molecule has 0 N–H and O–H groups in total. The largest absolute Gasteiger partial charge is 0.497 e. The maximum absolute atomic E-state index is 5.60. The number of nitrogens with zero attached hydrogens (tertiary/aromatic N) is 1. The summed E-state index contributed by atoms with van der Waals surface area (Å²) in [5.41, 5.74) is 5.65. The summed E-state index contributed by atoms with van der Waals surface area (Å²) in [5, 5.41) is 2.10. The molecule has 1 aliphatic carbocycles. The monoisotopic (exact) mass is 343 g/mol. The van der Waals surface area contributed by atoms with Crippen molar-refractivity contribution in [3.8, 4) is 28.5 Å². The molecule has 1 aliphatic rings. The second-order valence-electron chi connectivity index (χ2n) is 5.69. The van der Waals surface area contributed by atoms with Crippen molar-refractivity contribution in [2.45, 2.75) is 19.8 Å². The number of benzene rings is 1. The first-order chi connectivity index (χ1) is 11.7. The smallest absolute Gasteiger partial charge is 0.170 e. The maximum atomic E-state index is 5.60. The summed E-state index contributed by atoms with van der Waals surface area (Å²) in [4.78, 5) is 0. The minimum Gasteiger partial charge on any atom is -0.497 e. The molecule has 0 atom stereocenters. The van der Waals surface area contributed by atoms with E-state index in [9.17, 15) is 0 Å². The average Bonchev–Trinajstić information content (AvgIpc) is 3.10. The van der Waals surface area contributed by atoms with Gasteiger partial charge in [0.15, 0.2) is 11.5 Å². The Morgan fingerprint density at radius 2 is 1.79 bits per heavy atom. The van der Waals surface area contributed by atoms with Crippen LogP contribution >= 0.6 is 11.5 Å². The highest BCUT2D eigenvalue weighted by Gasteiger charge is 2.21. The molecule has 0 aliphatic heterocycles. The summed E-state index contributed by atoms with van der Waals surface area (Å²) in [6, 6.07) is 3.77. The first-order valence-corrected chi connectivity index (χ1v) is 8.63. The molecule has 126 valence electrons. The molecule has 0 fully saturated rings. The fraction of sp³-hybridized carbons (Fsp3) is 0.316. The Balaban J connectivity index is 2.15. The molecular weight excluding hydrogens is 322 g/mol. The molecule has 3 rings (SSSR count). The Morgan fingerprint density at radius 3 is 2.42 bits per heavy atom. The van der Waals surface area contributed by atoms with E-state index >= 15 is 0 Å². The fourth-order valence-electron chi connectivity index (χ4n) is 2.86. The van der Waals surface area contributed by atoms with Crippen LogP contribution in [0.1, 0.15) is 25.3 Å². The second-order valence-corrected chi connectivity index (χ2v) is 6.32. The maximum Gasteiger partial charge on any atom is 0.170 e. The SMILES string of the molecule is COc1cc(OC)c(OC)c(-c2nscc2C2=CC=C(C)CC2)c1. The summed E-state index contributed by atoms with van der Waals surface area (Å²) in [7, 11) is 4.91. The van der Waals surface area contributed by atoms with E-state index in [-0.39, 0.29) is 0 Å². The van der Waals surface area contributed by atoms with E-state index in [1.165, 1.54) is 22.7 Å². The lowest BCUT2D eigenvalue weighted by molar-refractivity contribution is 0.350. The van der Waals surface area contributed by atoms with Crippen molar-refractivity contribution in [3.63, 3.8) is 0 Å². The van der Waals surface area contributed by atoms with E-state index < -0.39 is 0 Å². The van der Waals surface area contributed by atoms with Gasteiger partial charge >= 0.3 is 0 Å². The van der Waals surface area contributed by atoms with Crippen LogP contribution in [0.5, 0.6) is 17.2 Å². The zero-order valence-corrected chi connectivity index (χ0v) is 15.2. The molecule has 1 aromatic heterocycles. The predicted octanol–water partition coefficient (Wildman–Crippen LogP) is 4.96. The van der Waals surface area contributed by atoms with E-state index in [0.717, 1.165) is 35.4 Å². The van der Waals surface area contributed by atoms with E-state index in [4.69, 9.17) is 14.2 Å². The van der Waals surface area contributed by atoms with Gasteiger partial charge in [-0.15, -0.1) is 0 Å². The number of rotatable bonds is 5. The van der Waals surface area contributed by atoms with Gasteiger partial charge in [-0.2, -0.15) is 4.37 Å². The van der Waals surface area contributed by atoms with Crippen molar-refractivity contribution in [2.75, 3.05) is 21.3 Å². The first kappa shape index (κ1) is 16.6. The zero-order valence-electron chi connectivity index (χ0n) is 14.4. The van der Waals surface area contributed by atoms with Crippen LogP contribution in [-0.2, 0) is 0 Å². The number of hydrogen-bond donors (Lipinski definition) is 0. The number of aromatic nitrogens is 1. The number of hydrogen-bond acceptors (Lipinski definition) is 5. The van der Waals surface area contributed by atoms with Crippen molar-refractivity contribution in [3.05, 3.63) is 40.8 Å². The van der Waals surface area contributed by atoms with Gasteiger partial charge in [0.25, 0.3) is 0 Å². The Hall–Kier alpha value is -2.27. The van der Waals surface area contributed by atoms with E-state index in [0.29, 0.717) is 11.5 Å². The van der Waals surface area contributed by atoms with Gasteiger partial charge in [0.2, 0.25) is 0 Å². The molecule has 5 heteroatoms. The van der Waals surface area contributed by atoms with Crippen LogP contribution in [0.3, 0.4) is 0 Å². The topological polar surface area (TPSA) is 40.6 Å². The zero-order chi connectivity index (χ0) is 17.1. The van der Waals surface area contributed by atoms with Crippen LogP contribution in [-0.4, -0.2) is 25.7 Å². The summed E-state index contributed by atoms with van der Waals surface area (Å²) in [6.07, 6.45) is 6.48. The summed E-state index contributed by atoms with van der Waals surface area (Å²) < 4.78 is 21.1. The molecule has 1 aromatic carbocycles. The molecule has 1 heterocycles. The highest BCUT2D eigenvalue weighted by molar-refractivity contribution is 7.04. The van der Waals surface area contributed by atoms with E-state index in [2.05, 4.69) is 28.8 Å². The van der Waals surface area contributed by atoms with Crippen LogP contribution in [0.2, 0.25) is 0 Å². The minimum absolute atomic E-state index is 0.638. The van der Waals surface area contributed by atoms with Crippen molar-refractivity contribution in [2.24, 2.45) is 0 Å². The lowest BCUT2D eigenvalue weighted by Gasteiger charge is -2.16. The van der Waals surface area contributed by atoms with Gasteiger partial charge in [0.05, 0.1) is 32.6 Å². The minimum atomic E-state index is 0.638. The summed E-state index contributed by atoms with van der Waals surface area (Å²) in [5.74, 6) is 2.03. The Labute approximate surface area is 146 Å². The highest BCUT2D eigenvalue weighted by atomic mass is 32.1. The Morgan fingerprint density at radius 1 is 0.958 bits per heavy atom. The molecule has 24 heavy (non-hydrogen) atoms. The van der Waals surface area contributed by atoms with Crippen LogP contribution in [0.15, 0.2) is 35.2 Å². The molecule has 0 unspecified atom stereocenters. The quantitative estimate of drug-likeness (QED) is 0.769. The number of methoxy groups -OCH3 is 3. The summed E-state index contributed by atoms with van der Waals surface area (Å²) >= 11 is 1.45. The first-order valence-electron chi connectivity index (χ1n) is 7.79. The predicted molar refractivity (Wildman–Crippen MR) is 98.2 cm³/mol. The van der Waals surface area contributed by atoms with Crippen molar-refractivity contribution >= 4 is 17.1 Å².